The lowest BCUT2D eigenvalue weighted by Crippen LogP contribution is -2.11. The zero-order valence-electron chi connectivity index (χ0n) is 8.83. The Balaban J connectivity index is 2.34. The highest BCUT2D eigenvalue weighted by atomic mass is 35.5. The molecule has 4 heteroatoms. The van der Waals surface area contributed by atoms with Crippen LogP contribution < -0.4 is 5.56 Å². The molecule has 3 nitrogen and oxygen atoms in total. The third-order valence-electron chi connectivity index (χ3n) is 2.23. The smallest absolute Gasteiger partial charge is 0.251 e. The van der Waals surface area contributed by atoms with E-state index in [1.165, 1.54) is 6.07 Å². The predicted molar refractivity (Wildman–Crippen MR) is 63.9 cm³/mol. The molecule has 0 unspecified atom stereocenters. The highest BCUT2D eigenvalue weighted by Gasteiger charge is 2.03. The normalized spacial score (nSPS) is 10.4. The average molecular weight is 235 g/mol. The van der Waals surface area contributed by atoms with Crippen molar-refractivity contribution in [1.82, 2.24) is 9.97 Å². The molecular weight excluding hydrogens is 224 g/mol. The SMILES string of the molecule is Cc1cc(=O)[nH]c(Cc2ccccc2Cl)n1. The van der Waals surface area contributed by atoms with Gasteiger partial charge in [0.15, 0.2) is 0 Å². The van der Waals surface area contributed by atoms with Gasteiger partial charge in [0.05, 0.1) is 0 Å². The summed E-state index contributed by atoms with van der Waals surface area (Å²) < 4.78 is 0. The molecule has 82 valence electrons. The summed E-state index contributed by atoms with van der Waals surface area (Å²) in [5, 5.41) is 0.687. The maximum atomic E-state index is 11.3. The summed E-state index contributed by atoms with van der Waals surface area (Å²) in [6.45, 7) is 1.80. The van der Waals surface area contributed by atoms with E-state index in [9.17, 15) is 4.79 Å². The second-order valence-electron chi connectivity index (χ2n) is 3.60. The molecule has 1 heterocycles. The van der Waals surface area contributed by atoms with Crippen molar-refractivity contribution in [3.63, 3.8) is 0 Å². The van der Waals surface area contributed by atoms with Crippen LogP contribution in [0.25, 0.3) is 0 Å². The molecule has 1 aromatic carbocycles. The Bertz CT molecular complexity index is 563. The number of aromatic amines is 1. The van der Waals surface area contributed by atoms with E-state index in [2.05, 4.69) is 9.97 Å². The molecule has 1 N–H and O–H groups in total. The molecule has 2 aromatic rings. The van der Waals surface area contributed by atoms with Gasteiger partial charge in [0.25, 0.3) is 5.56 Å². The fraction of sp³-hybridized carbons (Fsp3) is 0.167. The molecule has 0 radical (unpaired) electrons. The number of hydrogen-bond donors (Lipinski definition) is 1. The van der Waals surface area contributed by atoms with Crippen molar-refractivity contribution in [2.75, 3.05) is 0 Å². The number of hydrogen-bond acceptors (Lipinski definition) is 2. The fourth-order valence-corrected chi connectivity index (χ4v) is 1.75. The second-order valence-corrected chi connectivity index (χ2v) is 4.01. The molecule has 0 aliphatic rings. The summed E-state index contributed by atoms with van der Waals surface area (Å²) in [5.41, 5.74) is 1.54. The molecule has 0 amide bonds. The number of rotatable bonds is 2. The topological polar surface area (TPSA) is 45.8 Å². The highest BCUT2D eigenvalue weighted by Crippen LogP contribution is 2.16. The van der Waals surface area contributed by atoms with Gasteiger partial charge in [-0.15, -0.1) is 0 Å². The van der Waals surface area contributed by atoms with Crippen LogP contribution in [0.2, 0.25) is 5.02 Å². The zero-order valence-corrected chi connectivity index (χ0v) is 9.58. The third kappa shape index (κ3) is 2.49. The number of halogens is 1. The lowest BCUT2D eigenvalue weighted by molar-refractivity contribution is 0.921. The Hall–Kier alpha value is -1.61. The number of H-pyrrole nitrogens is 1. The van der Waals surface area contributed by atoms with E-state index in [-0.39, 0.29) is 5.56 Å². The number of aromatic nitrogens is 2. The van der Waals surface area contributed by atoms with Crippen molar-refractivity contribution in [2.24, 2.45) is 0 Å². The molecule has 16 heavy (non-hydrogen) atoms. The summed E-state index contributed by atoms with van der Waals surface area (Å²) in [4.78, 5) is 18.2. The molecule has 0 saturated carbocycles. The maximum Gasteiger partial charge on any atom is 0.251 e. The lowest BCUT2D eigenvalue weighted by atomic mass is 10.1. The molecule has 0 saturated heterocycles. The van der Waals surface area contributed by atoms with Crippen LogP contribution in [0.3, 0.4) is 0 Å². The highest BCUT2D eigenvalue weighted by molar-refractivity contribution is 6.31. The van der Waals surface area contributed by atoms with E-state index in [4.69, 9.17) is 11.6 Å². The van der Waals surface area contributed by atoms with E-state index in [0.717, 1.165) is 5.56 Å². The maximum absolute atomic E-state index is 11.3. The summed E-state index contributed by atoms with van der Waals surface area (Å²) in [6, 6.07) is 9.00. The van der Waals surface area contributed by atoms with E-state index in [0.29, 0.717) is 23.0 Å². The molecule has 0 fully saturated rings. The predicted octanol–water partition coefficient (Wildman–Crippen LogP) is 2.32. The number of aryl methyl sites for hydroxylation is 1. The summed E-state index contributed by atoms with van der Waals surface area (Å²) in [6.07, 6.45) is 0.538. The quantitative estimate of drug-likeness (QED) is 0.867. The summed E-state index contributed by atoms with van der Waals surface area (Å²) in [7, 11) is 0. The van der Waals surface area contributed by atoms with Crippen molar-refractivity contribution >= 4 is 11.6 Å². The van der Waals surface area contributed by atoms with Crippen LogP contribution in [0, 0.1) is 6.92 Å². The van der Waals surface area contributed by atoms with Crippen LogP contribution in [-0.4, -0.2) is 9.97 Å². The van der Waals surface area contributed by atoms with Gasteiger partial charge < -0.3 is 4.98 Å². The minimum Gasteiger partial charge on any atom is -0.310 e. The standard InChI is InChI=1S/C12H11ClN2O/c1-8-6-12(16)15-11(14-8)7-9-4-2-3-5-10(9)13/h2-6H,7H2,1H3,(H,14,15,16). The third-order valence-corrected chi connectivity index (χ3v) is 2.60. The molecular formula is C12H11ClN2O. The van der Waals surface area contributed by atoms with Crippen LogP contribution in [-0.2, 0) is 6.42 Å². The Labute approximate surface area is 98.1 Å². The first-order chi connectivity index (χ1) is 7.65. The van der Waals surface area contributed by atoms with Gasteiger partial charge in [0.2, 0.25) is 0 Å². The zero-order chi connectivity index (χ0) is 11.5. The van der Waals surface area contributed by atoms with Gasteiger partial charge in [-0.3, -0.25) is 4.79 Å². The minimum atomic E-state index is -0.130. The monoisotopic (exact) mass is 234 g/mol. The van der Waals surface area contributed by atoms with E-state index >= 15 is 0 Å². The van der Waals surface area contributed by atoms with Gasteiger partial charge in [-0.1, -0.05) is 29.8 Å². The summed E-state index contributed by atoms with van der Waals surface area (Å²) in [5.74, 6) is 0.637. The van der Waals surface area contributed by atoms with E-state index in [1.54, 1.807) is 6.92 Å². The Morgan fingerprint density at radius 1 is 1.38 bits per heavy atom. The first-order valence-electron chi connectivity index (χ1n) is 4.95. The Morgan fingerprint density at radius 2 is 2.12 bits per heavy atom. The first-order valence-corrected chi connectivity index (χ1v) is 5.33. The van der Waals surface area contributed by atoms with Crippen molar-refractivity contribution in [3.8, 4) is 0 Å². The molecule has 0 atom stereocenters. The largest absolute Gasteiger partial charge is 0.310 e. The van der Waals surface area contributed by atoms with Gasteiger partial charge in [-0.2, -0.15) is 0 Å². The van der Waals surface area contributed by atoms with Gasteiger partial charge in [-0.05, 0) is 18.6 Å². The van der Waals surface area contributed by atoms with Gasteiger partial charge in [0.1, 0.15) is 5.82 Å². The van der Waals surface area contributed by atoms with Gasteiger partial charge in [-0.25, -0.2) is 4.98 Å². The van der Waals surface area contributed by atoms with Crippen molar-refractivity contribution < 1.29 is 0 Å². The summed E-state index contributed by atoms with van der Waals surface area (Å²) >= 11 is 6.03. The van der Waals surface area contributed by atoms with Crippen LogP contribution in [0.4, 0.5) is 0 Å². The molecule has 0 bridgehead atoms. The second kappa shape index (κ2) is 4.49. The average Bonchev–Trinajstić information content (AvgIpc) is 2.20. The first kappa shape index (κ1) is 10.9. The Morgan fingerprint density at radius 3 is 2.81 bits per heavy atom. The fourth-order valence-electron chi connectivity index (χ4n) is 1.55. The van der Waals surface area contributed by atoms with Crippen molar-refractivity contribution in [1.29, 1.82) is 0 Å². The Kier molecular flexibility index (Phi) is 3.06. The number of benzene rings is 1. The van der Waals surface area contributed by atoms with Gasteiger partial charge in [0, 0.05) is 23.2 Å². The molecule has 2 rings (SSSR count). The molecule has 0 aliphatic heterocycles. The van der Waals surface area contributed by atoms with E-state index in [1.807, 2.05) is 24.3 Å². The molecule has 0 spiro atoms. The molecule has 1 aromatic heterocycles. The number of nitrogens with one attached hydrogen (secondary N) is 1. The van der Waals surface area contributed by atoms with Crippen molar-refractivity contribution in [2.45, 2.75) is 13.3 Å². The van der Waals surface area contributed by atoms with Crippen LogP contribution >= 0.6 is 11.6 Å². The van der Waals surface area contributed by atoms with Crippen LogP contribution in [0.15, 0.2) is 35.1 Å². The molecule has 0 aliphatic carbocycles. The van der Waals surface area contributed by atoms with E-state index < -0.39 is 0 Å². The lowest BCUT2D eigenvalue weighted by Gasteiger charge is -2.03. The minimum absolute atomic E-state index is 0.130. The van der Waals surface area contributed by atoms with Crippen LogP contribution in [0.5, 0.6) is 0 Å². The van der Waals surface area contributed by atoms with Gasteiger partial charge >= 0.3 is 0 Å². The van der Waals surface area contributed by atoms with Crippen LogP contribution in [0.1, 0.15) is 17.1 Å². The number of nitrogens with zero attached hydrogens (tertiary/aromatic N) is 1. The van der Waals surface area contributed by atoms with Crippen molar-refractivity contribution in [3.05, 3.63) is 62.8 Å².